The third kappa shape index (κ3) is 3.87. The van der Waals surface area contributed by atoms with Crippen LogP contribution >= 0.6 is 0 Å². The van der Waals surface area contributed by atoms with Crippen molar-refractivity contribution in [2.45, 2.75) is 58.3 Å². The summed E-state index contributed by atoms with van der Waals surface area (Å²) in [6, 6.07) is 4.38. The molecule has 2 fully saturated rings. The summed E-state index contributed by atoms with van der Waals surface area (Å²) < 4.78 is 13.5. The number of morpholine rings is 1. The quantitative estimate of drug-likeness (QED) is 0.832. The second-order valence-electron chi connectivity index (χ2n) is 8.02. The predicted octanol–water partition coefficient (Wildman–Crippen LogP) is 2.87. The van der Waals surface area contributed by atoms with Gasteiger partial charge in [-0.25, -0.2) is 4.98 Å². The van der Waals surface area contributed by atoms with Crippen molar-refractivity contribution in [1.82, 2.24) is 14.5 Å². The van der Waals surface area contributed by atoms with Gasteiger partial charge in [0.15, 0.2) is 0 Å². The number of amides is 1. The van der Waals surface area contributed by atoms with Gasteiger partial charge in [0, 0.05) is 49.5 Å². The largest absolute Gasteiger partial charge is 0.381 e. The molecule has 0 radical (unpaired) electrons. The van der Waals surface area contributed by atoms with Gasteiger partial charge in [0.25, 0.3) is 0 Å². The molecule has 0 N–H and O–H groups in total. The van der Waals surface area contributed by atoms with E-state index in [2.05, 4.69) is 28.6 Å². The molecule has 2 atom stereocenters. The number of pyridine rings is 1. The fourth-order valence-corrected chi connectivity index (χ4v) is 4.39. The Morgan fingerprint density at radius 2 is 1.89 bits per heavy atom. The van der Waals surface area contributed by atoms with Crippen LogP contribution < -0.4 is 0 Å². The first-order valence-electron chi connectivity index (χ1n) is 9.98. The lowest BCUT2D eigenvalue weighted by Gasteiger charge is -2.35. The zero-order valence-corrected chi connectivity index (χ0v) is 16.5. The summed E-state index contributed by atoms with van der Waals surface area (Å²) in [6.45, 7) is 9.32. The van der Waals surface area contributed by atoms with Gasteiger partial charge in [-0.2, -0.15) is 0 Å². The highest BCUT2D eigenvalue weighted by atomic mass is 16.5. The Balaban J connectivity index is 1.65. The molecule has 27 heavy (non-hydrogen) atoms. The zero-order valence-electron chi connectivity index (χ0n) is 16.5. The molecule has 1 amide bonds. The molecule has 4 rings (SSSR count). The fraction of sp³-hybridized carbons (Fsp3) is 0.619. The molecule has 2 aromatic rings. The first kappa shape index (κ1) is 18.4. The van der Waals surface area contributed by atoms with Crippen LogP contribution in [0.1, 0.15) is 43.9 Å². The molecule has 0 aliphatic carbocycles. The van der Waals surface area contributed by atoms with Crippen LogP contribution in [0.4, 0.5) is 0 Å². The Kier molecular flexibility index (Phi) is 5.19. The Morgan fingerprint density at radius 1 is 1.19 bits per heavy atom. The Labute approximate surface area is 160 Å². The van der Waals surface area contributed by atoms with Crippen molar-refractivity contribution in [2.75, 3.05) is 26.3 Å². The SMILES string of the molecule is Cc1cnc2c(c1)cc(C1CCOCC1)n2CC(=O)N1C[C@@H](C)O[C@H](C)C1. The Morgan fingerprint density at radius 3 is 2.59 bits per heavy atom. The Bertz CT molecular complexity index is 815. The lowest BCUT2D eigenvalue weighted by Crippen LogP contribution is -2.49. The minimum atomic E-state index is 0.0786. The normalized spacial score (nSPS) is 24.5. The molecule has 6 heteroatoms. The summed E-state index contributed by atoms with van der Waals surface area (Å²) in [6.07, 6.45) is 4.03. The molecule has 6 nitrogen and oxygen atoms in total. The van der Waals surface area contributed by atoms with Crippen LogP contribution in [0.15, 0.2) is 18.3 Å². The molecule has 0 unspecified atom stereocenters. The summed E-state index contributed by atoms with van der Waals surface area (Å²) in [5, 5.41) is 1.12. The summed E-state index contributed by atoms with van der Waals surface area (Å²) in [5.41, 5.74) is 3.26. The molecule has 0 spiro atoms. The second-order valence-corrected chi connectivity index (χ2v) is 8.02. The van der Waals surface area contributed by atoms with Gasteiger partial charge in [0.05, 0.1) is 12.2 Å². The molecule has 0 bridgehead atoms. The minimum Gasteiger partial charge on any atom is -0.381 e. The molecule has 0 aromatic carbocycles. The van der Waals surface area contributed by atoms with E-state index in [1.165, 1.54) is 5.69 Å². The van der Waals surface area contributed by atoms with Gasteiger partial charge in [-0.15, -0.1) is 0 Å². The van der Waals surface area contributed by atoms with Crippen molar-refractivity contribution >= 4 is 16.9 Å². The summed E-state index contributed by atoms with van der Waals surface area (Å²) >= 11 is 0. The van der Waals surface area contributed by atoms with Gasteiger partial charge >= 0.3 is 0 Å². The monoisotopic (exact) mass is 371 g/mol. The van der Waals surface area contributed by atoms with Crippen molar-refractivity contribution < 1.29 is 14.3 Å². The van der Waals surface area contributed by atoms with Crippen molar-refractivity contribution in [3.8, 4) is 0 Å². The lowest BCUT2D eigenvalue weighted by atomic mass is 9.96. The number of hydrogen-bond acceptors (Lipinski definition) is 4. The fourth-order valence-electron chi connectivity index (χ4n) is 4.39. The molecule has 146 valence electrons. The standard InChI is InChI=1S/C21H29N3O3/c1-14-8-18-9-19(17-4-6-26-7-5-17)24(21(18)22-10-14)13-20(25)23-11-15(2)27-16(3)12-23/h8-10,15-17H,4-7,11-13H2,1-3H3/t15-,16-/m1/s1. The maximum Gasteiger partial charge on any atom is 0.242 e. The van der Waals surface area contributed by atoms with Crippen LogP contribution in [0, 0.1) is 6.92 Å². The van der Waals surface area contributed by atoms with Crippen LogP contribution in [0.5, 0.6) is 0 Å². The average Bonchev–Trinajstić information content (AvgIpc) is 2.99. The molecule has 2 aliphatic rings. The highest BCUT2D eigenvalue weighted by Gasteiger charge is 2.28. The van der Waals surface area contributed by atoms with E-state index >= 15 is 0 Å². The second kappa shape index (κ2) is 7.60. The molecule has 4 heterocycles. The average molecular weight is 371 g/mol. The van der Waals surface area contributed by atoms with E-state index in [1.807, 2.05) is 24.9 Å². The third-order valence-corrected chi connectivity index (χ3v) is 5.61. The van der Waals surface area contributed by atoms with Crippen LogP contribution in [0.3, 0.4) is 0 Å². The van der Waals surface area contributed by atoms with Gasteiger partial charge in [0.2, 0.25) is 5.91 Å². The topological polar surface area (TPSA) is 56.6 Å². The van der Waals surface area contributed by atoms with Gasteiger partial charge in [-0.05, 0) is 51.3 Å². The molecule has 0 saturated carbocycles. The van der Waals surface area contributed by atoms with Crippen molar-refractivity contribution in [2.24, 2.45) is 0 Å². The van der Waals surface area contributed by atoms with Gasteiger partial charge in [0.1, 0.15) is 12.2 Å². The molecular formula is C21H29N3O3. The third-order valence-electron chi connectivity index (χ3n) is 5.61. The van der Waals surface area contributed by atoms with E-state index in [1.54, 1.807) is 0 Å². The van der Waals surface area contributed by atoms with E-state index in [9.17, 15) is 4.79 Å². The van der Waals surface area contributed by atoms with Gasteiger partial charge < -0.3 is 18.9 Å². The van der Waals surface area contributed by atoms with E-state index in [0.29, 0.717) is 25.6 Å². The minimum absolute atomic E-state index is 0.0786. The number of ether oxygens (including phenoxy) is 2. The van der Waals surface area contributed by atoms with Crippen molar-refractivity contribution in [1.29, 1.82) is 0 Å². The number of aromatic nitrogens is 2. The van der Waals surface area contributed by atoms with E-state index in [4.69, 9.17) is 9.47 Å². The first-order chi connectivity index (χ1) is 13.0. The highest BCUT2D eigenvalue weighted by Crippen LogP contribution is 2.31. The summed E-state index contributed by atoms with van der Waals surface area (Å²) in [5.74, 6) is 0.564. The van der Waals surface area contributed by atoms with E-state index in [-0.39, 0.29) is 18.1 Å². The zero-order chi connectivity index (χ0) is 19.0. The number of fused-ring (bicyclic) bond motifs is 1. The number of aryl methyl sites for hydroxylation is 1. The summed E-state index contributed by atoms with van der Waals surface area (Å²) in [4.78, 5) is 19.7. The van der Waals surface area contributed by atoms with Crippen LogP contribution in [0.25, 0.3) is 11.0 Å². The molecule has 2 aliphatic heterocycles. The lowest BCUT2D eigenvalue weighted by molar-refractivity contribution is -0.143. The number of carbonyl (C=O) groups is 1. The molecule has 2 saturated heterocycles. The number of nitrogens with zero attached hydrogens (tertiary/aromatic N) is 3. The molecular weight excluding hydrogens is 342 g/mol. The van der Waals surface area contributed by atoms with Crippen LogP contribution in [-0.2, 0) is 20.8 Å². The number of rotatable bonds is 3. The number of carbonyl (C=O) groups excluding carboxylic acids is 1. The number of hydrogen-bond donors (Lipinski definition) is 0. The summed E-state index contributed by atoms with van der Waals surface area (Å²) in [7, 11) is 0. The first-order valence-corrected chi connectivity index (χ1v) is 9.98. The maximum atomic E-state index is 13.1. The maximum absolute atomic E-state index is 13.1. The van der Waals surface area contributed by atoms with Crippen LogP contribution in [0.2, 0.25) is 0 Å². The molecule has 2 aromatic heterocycles. The Hall–Kier alpha value is -1.92. The van der Waals surface area contributed by atoms with E-state index in [0.717, 1.165) is 42.7 Å². The van der Waals surface area contributed by atoms with Crippen LogP contribution in [-0.4, -0.2) is 58.9 Å². The predicted molar refractivity (Wildman–Crippen MR) is 104 cm³/mol. The van der Waals surface area contributed by atoms with Crippen molar-refractivity contribution in [3.05, 3.63) is 29.6 Å². The van der Waals surface area contributed by atoms with Gasteiger partial charge in [-0.1, -0.05) is 0 Å². The van der Waals surface area contributed by atoms with E-state index < -0.39 is 0 Å². The van der Waals surface area contributed by atoms with Gasteiger partial charge in [-0.3, -0.25) is 4.79 Å². The van der Waals surface area contributed by atoms with Crippen molar-refractivity contribution in [3.63, 3.8) is 0 Å². The smallest absolute Gasteiger partial charge is 0.242 e. The highest BCUT2D eigenvalue weighted by molar-refractivity contribution is 5.82.